The summed E-state index contributed by atoms with van der Waals surface area (Å²) in [7, 11) is 0. The zero-order valence-corrected chi connectivity index (χ0v) is 8.23. The number of ketones is 1. The summed E-state index contributed by atoms with van der Waals surface area (Å²) in [6.07, 6.45) is 0.605. The summed E-state index contributed by atoms with van der Waals surface area (Å²) >= 11 is 0. The summed E-state index contributed by atoms with van der Waals surface area (Å²) in [5.74, 6) is -0.384. The second kappa shape index (κ2) is 4.36. The fraction of sp³-hybridized carbons (Fsp3) is 0.100. The van der Waals surface area contributed by atoms with Gasteiger partial charge in [-0.3, -0.25) is 9.59 Å². The van der Waals surface area contributed by atoms with Gasteiger partial charge in [0.1, 0.15) is 0 Å². The molecule has 0 aliphatic carbocycles. The Labute approximate surface area is 86.8 Å². The van der Waals surface area contributed by atoms with Crippen LogP contribution in [0.3, 0.4) is 0 Å². The molecule has 0 atom stereocenters. The maximum absolute atomic E-state index is 11.2. The van der Waals surface area contributed by atoms with Crippen molar-refractivity contribution < 1.29 is 9.59 Å². The average molecular weight is 205 g/mol. The van der Waals surface area contributed by atoms with Gasteiger partial charge in [-0.25, -0.2) is 4.99 Å². The third-order valence-electron chi connectivity index (χ3n) is 1.81. The number of aldehydes is 1. The van der Waals surface area contributed by atoms with E-state index in [1.54, 1.807) is 18.2 Å². The Morgan fingerprint density at radius 2 is 2.07 bits per heavy atom. The van der Waals surface area contributed by atoms with E-state index in [1.807, 2.05) is 0 Å². The first-order chi connectivity index (χ1) is 7.06. The number of nitrogens with two attached hydrogens (primary N) is 2. The molecule has 1 aromatic rings. The number of para-hydroxylation sites is 1. The molecule has 4 N–H and O–H groups in total. The first-order valence-corrected chi connectivity index (χ1v) is 4.25. The summed E-state index contributed by atoms with van der Waals surface area (Å²) in [5.41, 5.74) is 11.3. The van der Waals surface area contributed by atoms with Gasteiger partial charge < -0.3 is 11.5 Å². The molecule has 0 saturated heterocycles. The van der Waals surface area contributed by atoms with Gasteiger partial charge >= 0.3 is 0 Å². The summed E-state index contributed by atoms with van der Waals surface area (Å²) in [5, 5.41) is 0. The summed E-state index contributed by atoms with van der Waals surface area (Å²) in [6, 6.07) is 4.71. The molecule has 0 aliphatic heterocycles. The first kappa shape index (κ1) is 10.9. The van der Waals surface area contributed by atoms with Crippen LogP contribution in [0.1, 0.15) is 27.6 Å². The van der Waals surface area contributed by atoms with Crippen molar-refractivity contribution in [3.8, 4) is 0 Å². The molecule has 1 rings (SSSR count). The molecule has 5 heteroatoms. The fourth-order valence-electron chi connectivity index (χ4n) is 1.19. The summed E-state index contributed by atoms with van der Waals surface area (Å²) < 4.78 is 0. The standard InChI is InChI=1S/C10H11N3O2/c1-6(15)8-4-2-3-7(5-14)9(8)13-10(11)12/h2-5H,1H3,(H4,11,12,13). The second-order valence-corrected chi connectivity index (χ2v) is 2.95. The Bertz CT molecular complexity index is 434. The third kappa shape index (κ3) is 2.40. The number of carbonyl (C=O) groups is 2. The number of aliphatic imine (C=N–C) groups is 1. The number of hydrogen-bond acceptors (Lipinski definition) is 3. The van der Waals surface area contributed by atoms with E-state index < -0.39 is 0 Å². The van der Waals surface area contributed by atoms with Crippen molar-refractivity contribution in [3.63, 3.8) is 0 Å². The quantitative estimate of drug-likeness (QED) is 0.327. The van der Waals surface area contributed by atoms with Gasteiger partial charge in [-0.1, -0.05) is 6.07 Å². The Morgan fingerprint density at radius 1 is 1.40 bits per heavy atom. The van der Waals surface area contributed by atoms with Crippen molar-refractivity contribution in [2.24, 2.45) is 16.5 Å². The van der Waals surface area contributed by atoms with Crippen molar-refractivity contribution in [1.29, 1.82) is 0 Å². The van der Waals surface area contributed by atoms with E-state index in [1.165, 1.54) is 6.92 Å². The van der Waals surface area contributed by atoms with Crippen LogP contribution >= 0.6 is 0 Å². The van der Waals surface area contributed by atoms with E-state index in [0.29, 0.717) is 11.8 Å². The molecule has 0 radical (unpaired) electrons. The first-order valence-electron chi connectivity index (χ1n) is 4.25. The highest BCUT2D eigenvalue weighted by Gasteiger charge is 2.10. The Morgan fingerprint density at radius 3 is 2.53 bits per heavy atom. The number of rotatable bonds is 3. The maximum atomic E-state index is 11.2. The van der Waals surface area contributed by atoms with E-state index in [-0.39, 0.29) is 23.0 Å². The molecule has 1 aromatic carbocycles. The lowest BCUT2D eigenvalue weighted by Crippen LogP contribution is -2.22. The van der Waals surface area contributed by atoms with Gasteiger partial charge in [-0.05, 0) is 19.1 Å². The van der Waals surface area contributed by atoms with Crippen LogP contribution in [0, 0.1) is 0 Å². The van der Waals surface area contributed by atoms with Gasteiger partial charge in [0, 0.05) is 11.1 Å². The normalized spacial score (nSPS) is 9.40. The smallest absolute Gasteiger partial charge is 0.191 e. The van der Waals surface area contributed by atoms with Crippen LogP contribution in [0.25, 0.3) is 0 Å². The molecule has 0 saturated carbocycles. The van der Waals surface area contributed by atoms with Crippen LogP contribution in [0.2, 0.25) is 0 Å². The lowest BCUT2D eigenvalue weighted by atomic mass is 10.1. The number of nitrogens with zero attached hydrogens (tertiary/aromatic N) is 1. The van der Waals surface area contributed by atoms with E-state index in [2.05, 4.69) is 4.99 Å². The predicted octanol–water partition coefficient (Wildman–Crippen LogP) is 0.607. The molecular weight excluding hydrogens is 194 g/mol. The van der Waals surface area contributed by atoms with E-state index in [9.17, 15) is 9.59 Å². The molecule has 15 heavy (non-hydrogen) atoms. The molecule has 0 spiro atoms. The molecule has 0 aliphatic rings. The highest BCUT2D eigenvalue weighted by molar-refractivity contribution is 6.03. The van der Waals surface area contributed by atoms with Crippen molar-refractivity contribution in [3.05, 3.63) is 29.3 Å². The highest BCUT2D eigenvalue weighted by atomic mass is 16.1. The molecule has 5 nitrogen and oxygen atoms in total. The van der Waals surface area contributed by atoms with Gasteiger partial charge in [-0.15, -0.1) is 0 Å². The second-order valence-electron chi connectivity index (χ2n) is 2.95. The van der Waals surface area contributed by atoms with Crippen LogP contribution in [-0.2, 0) is 0 Å². The largest absolute Gasteiger partial charge is 0.370 e. The Hall–Kier alpha value is -2.17. The van der Waals surface area contributed by atoms with Crippen LogP contribution in [0.5, 0.6) is 0 Å². The monoisotopic (exact) mass is 205 g/mol. The van der Waals surface area contributed by atoms with Crippen LogP contribution < -0.4 is 11.5 Å². The number of benzene rings is 1. The van der Waals surface area contributed by atoms with Gasteiger partial charge in [-0.2, -0.15) is 0 Å². The molecule has 0 heterocycles. The summed E-state index contributed by atoms with van der Waals surface area (Å²) in [6.45, 7) is 1.38. The third-order valence-corrected chi connectivity index (χ3v) is 1.81. The van der Waals surface area contributed by atoms with Gasteiger partial charge in [0.05, 0.1) is 5.69 Å². The van der Waals surface area contributed by atoms with Crippen LogP contribution in [-0.4, -0.2) is 18.0 Å². The Kier molecular flexibility index (Phi) is 3.17. The number of guanidine groups is 1. The zero-order valence-electron chi connectivity index (χ0n) is 8.23. The van der Waals surface area contributed by atoms with Gasteiger partial charge in [0.15, 0.2) is 18.0 Å². The van der Waals surface area contributed by atoms with Crippen molar-refractivity contribution in [2.75, 3.05) is 0 Å². The van der Waals surface area contributed by atoms with E-state index in [4.69, 9.17) is 11.5 Å². The Balaban J connectivity index is 3.47. The number of Topliss-reactive ketones (excluding diaryl/α,β-unsaturated/α-hetero) is 1. The molecule has 0 aromatic heterocycles. The minimum absolute atomic E-state index is 0.188. The molecule has 0 bridgehead atoms. The van der Waals surface area contributed by atoms with Crippen LogP contribution in [0.15, 0.2) is 23.2 Å². The average Bonchev–Trinajstić information content (AvgIpc) is 2.16. The van der Waals surface area contributed by atoms with Gasteiger partial charge in [0.25, 0.3) is 0 Å². The summed E-state index contributed by atoms with van der Waals surface area (Å²) in [4.78, 5) is 25.7. The molecular formula is C10H11N3O2. The maximum Gasteiger partial charge on any atom is 0.191 e. The minimum Gasteiger partial charge on any atom is -0.370 e. The minimum atomic E-state index is -0.196. The number of hydrogen-bond donors (Lipinski definition) is 2. The molecule has 0 amide bonds. The van der Waals surface area contributed by atoms with Crippen LogP contribution in [0.4, 0.5) is 5.69 Å². The van der Waals surface area contributed by atoms with Crippen molar-refractivity contribution in [2.45, 2.75) is 6.92 Å². The van der Waals surface area contributed by atoms with E-state index in [0.717, 1.165) is 0 Å². The topological polar surface area (TPSA) is 98.5 Å². The van der Waals surface area contributed by atoms with Gasteiger partial charge in [0.2, 0.25) is 0 Å². The predicted molar refractivity (Wildman–Crippen MR) is 57.3 cm³/mol. The van der Waals surface area contributed by atoms with Crippen molar-refractivity contribution in [1.82, 2.24) is 0 Å². The highest BCUT2D eigenvalue weighted by Crippen LogP contribution is 2.23. The number of carbonyl (C=O) groups excluding carboxylic acids is 2. The fourth-order valence-corrected chi connectivity index (χ4v) is 1.19. The van der Waals surface area contributed by atoms with E-state index >= 15 is 0 Å². The zero-order chi connectivity index (χ0) is 11.4. The molecule has 0 unspecified atom stereocenters. The molecule has 78 valence electrons. The lowest BCUT2D eigenvalue weighted by Gasteiger charge is -2.04. The lowest BCUT2D eigenvalue weighted by molar-refractivity contribution is 0.101. The molecule has 0 fully saturated rings. The van der Waals surface area contributed by atoms with Crippen molar-refractivity contribution >= 4 is 23.7 Å². The SMILES string of the molecule is CC(=O)c1cccc(C=O)c1N=C(N)N.